The highest BCUT2D eigenvalue weighted by molar-refractivity contribution is 5.73. The summed E-state index contributed by atoms with van der Waals surface area (Å²) in [4.78, 5) is 20.1. The van der Waals surface area contributed by atoms with Gasteiger partial charge >= 0.3 is 0 Å². The van der Waals surface area contributed by atoms with E-state index in [-0.39, 0.29) is 12.7 Å². The van der Waals surface area contributed by atoms with E-state index in [0.29, 0.717) is 47.5 Å². The van der Waals surface area contributed by atoms with Crippen LogP contribution in [0.25, 0.3) is 17.0 Å². The fourth-order valence-corrected chi connectivity index (χ4v) is 3.68. The molecule has 1 aliphatic rings. The zero-order valence-electron chi connectivity index (χ0n) is 17.6. The molecule has 1 aromatic carbocycles. The zero-order chi connectivity index (χ0) is 22.1. The van der Waals surface area contributed by atoms with Gasteiger partial charge in [0.2, 0.25) is 0 Å². The molecule has 0 aliphatic carbocycles. The molecular weight excluding hydrogens is 408 g/mol. The molecule has 1 unspecified atom stereocenters. The van der Waals surface area contributed by atoms with Crippen LogP contribution in [-0.2, 0) is 4.74 Å². The predicted octanol–water partition coefficient (Wildman–Crippen LogP) is 2.02. The summed E-state index contributed by atoms with van der Waals surface area (Å²) in [6, 6.07) is 8.08. The van der Waals surface area contributed by atoms with Gasteiger partial charge in [0.25, 0.3) is 0 Å². The summed E-state index contributed by atoms with van der Waals surface area (Å²) in [6.45, 7) is 3.91. The van der Waals surface area contributed by atoms with Crippen LogP contribution in [0.1, 0.15) is 5.69 Å². The quantitative estimate of drug-likeness (QED) is 0.434. The number of hydrogen-bond acceptors (Lipinski definition) is 9. The molecule has 0 spiro atoms. The Morgan fingerprint density at radius 1 is 1.19 bits per heavy atom. The lowest BCUT2D eigenvalue weighted by Gasteiger charge is -2.33. The molecule has 10 heteroatoms. The average molecular weight is 432 g/mol. The van der Waals surface area contributed by atoms with Gasteiger partial charge in [-0.2, -0.15) is 0 Å². The van der Waals surface area contributed by atoms with Crippen LogP contribution in [0, 0.1) is 6.92 Å². The predicted molar refractivity (Wildman–Crippen MR) is 122 cm³/mol. The Morgan fingerprint density at radius 3 is 2.81 bits per heavy atom. The van der Waals surface area contributed by atoms with E-state index in [2.05, 4.69) is 25.2 Å². The van der Waals surface area contributed by atoms with Gasteiger partial charge in [0.05, 0.1) is 31.2 Å². The molecule has 0 amide bonds. The molecular formula is C22H24N8O2. The number of anilines is 4. The molecule has 0 radical (unpaired) electrons. The Morgan fingerprint density at radius 2 is 2.03 bits per heavy atom. The Kier molecular flexibility index (Phi) is 5.29. The summed E-state index contributed by atoms with van der Waals surface area (Å²) in [5.41, 5.74) is 10.5. The van der Waals surface area contributed by atoms with E-state index in [1.165, 1.54) is 0 Å². The maximum absolute atomic E-state index is 9.37. The number of aryl methyl sites for hydroxylation is 1. The minimum absolute atomic E-state index is 0.0233. The number of hydrogen-bond donors (Lipinski definition) is 3. The molecule has 0 saturated carbocycles. The van der Waals surface area contributed by atoms with Gasteiger partial charge in [-0.05, 0) is 31.2 Å². The third-order valence-electron chi connectivity index (χ3n) is 5.47. The van der Waals surface area contributed by atoms with Crippen LogP contribution in [0.5, 0.6) is 0 Å². The van der Waals surface area contributed by atoms with Gasteiger partial charge in [-0.15, -0.1) is 0 Å². The number of nitrogens with two attached hydrogens (primary N) is 1. The second kappa shape index (κ2) is 8.40. The highest BCUT2D eigenvalue weighted by atomic mass is 16.5. The van der Waals surface area contributed by atoms with Gasteiger partial charge in [-0.1, -0.05) is 0 Å². The van der Waals surface area contributed by atoms with E-state index in [1.807, 2.05) is 48.0 Å². The number of nitrogens with one attached hydrogen (secondary N) is 1. The normalized spacial score (nSPS) is 16.4. The van der Waals surface area contributed by atoms with Crippen LogP contribution >= 0.6 is 0 Å². The molecule has 1 fully saturated rings. The number of rotatable bonds is 5. The number of nitrogen functional groups attached to an aromatic ring is 1. The number of aromatic nitrogens is 5. The number of ether oxygens (including phenoxy) is 1. The first-order valence-corrected chi connectivity index (χ1v) is 10.4. The number of fused-ring (bicyclic) bond motifs is 1. The van der Waals surface area contributed by atoms with Crippen LogP contribution in [0.15, 0.2) is 49.1 Å². The van der Waals surface area contributed by atoms with Crippen molar-refractivity contribution in [2.45, 2.75) is 13.0 Å². The molecule has 3 aromatic heterocycles. The minimum atomic E-state index is -0.152. The topological polar surface area (TPSA) is 127 Å². The van der Waals surface area contributed by atoms with E-state index >= 15 is 0 Å². The lowest BCUT2D eigenvalue weighted by atomic mass is 10.2. The second-order valence-electron chi connectivity index (χ2n) is 7.65. The number of benzene rings is 1. The third-order valence-corrected chi connectivity index (χ3v) is 5.47. The van der Waals surface area contributed by atoms with Crippen molar-refractivity contribution in [1.29, 1.82) is 0 Å². The summed E-state index contributed by atoms with van der Waals surface area (Å²) in [5, 5.41) is 12.7. The Labute approximate surface area is 184 Å². The standard InChI is InChI=1S/C22H24N8O2/c1-14-20(23)27-18(10-25-14)19-12-30-7-6-24-22(30)21(28-19)26-15-2-4-16(5-3-15)29-8-9-32-17(11-29)13-31/h2-7,10,12,17,31H,8-9,11,13H2,1H3,(H2,23,27)(H,26,28). The summed E-state index contributed by atoms with van der Waals surface area (Å²) in [6.07, 6.45) is 6.94. The maximum Gasteiger partial charge on any atom is 0.180 e. The van der Waals surface area contributed by atoms with Crippen molar-refractivity contribution in [3.05, 3.63) is 54.7 Å². The van der Waals surface area contributed by atoms with E-state index in [1.54, 1.807) is 12.4 Å². The lowest BCUT2D eigenvalue weighted by molar-refractivity contribution is 0.00357. The van der Waals surface area contributed by atoms with E-state index in [9.17, 15) is 5.11 Å². The lowest BCUT2D eigenvalue weighted by Crippen LogP contribution is -2.44. The zero-order valence-corrected chi connectivity index (χ0v) is 17.6. The van der Waals surface area contributed by atoms with Crippen molar-refractivity contribution < 1.29 is 9.84 Å². The van der Waals surface area contributed by atoms with Crippen molar-refractivity contribution in [1.82, 2.24) is 24.3 Å². The fraction of sp³-hybridized carbons (Fsp3) is 0.273. The monoisotopic (exact) mass is 432 g/mol. The third kappa shape index (κ3) is 3.93. The van der Waals surface area contributed by atoms with E-state index in [0.717, 1.165) is 17.9 Å². The number of imidazole rings is 1. The molecule has 5 rings (SSSR count). The van der Waals surface area contributed by atoms with Crippen molar-refractivity contribution >= 4 is 28.7 Å². The average Bonchev–Trinajstić information content (AvgIpc) is 3.30. The molecule has 1 saturated heterocycles. The Hall–Kier alpha value is -3.76. The van der Waals surface area contributed by atoms with Crippen LogP contribution in [0.4, 0.5) is 23.0 Å². The number of nitrogens with zero attached hydrogens (tertiary/aromatic N) is 6. The number of aliphatic hydroxyl groups excluding tert-OH is 1. The highest BCUT2D eigenvalue weighted by Gasteiger charge is 2.20. The molecule has 164 valence electrons. The number of aliphatic hydroxyl groups is 1. The first-order valence-electron chi connectivity index (χ1n) is 10.4. The van der Waals surface area contributed by atoms with Crippen LogP contribution in [0.2, 0.25) is 0 Å². The summed E-state index contributed by atoms with van der Waals surface area (Å²) in [7, 11) is 0. The molecule has 4 aromatic rings. The summed E-state index contributed by atoms with van der Waals surface area (Å²) < 4.78 is 7.43. The fourth-order valence-electron chi connectivity index (χ4n) is 3.68. The SMILES string of the molecule is Cc1ncc(-c2cn3ccnc3c(Nc3ccc(N4CCOC(CO)C4)cc3)n2)nc1N. The van der Waals surface area contributed by atoms with Gasteiger partial charge in [-0.25, -0.2) is 15.0 Å². The Bertz CT molecular complexity index is 1240. The smallest absolute Gasteiger partial charge is 0.180 e. The van der Waals surface area contributed by atoms with Gasteiger partial charge in [0, 0.05) is 43.1 Å². The van der Waals surface area contributed by atoms with Gasteiger partial charge in [0.1, 0.15) is 17.2 Å². The van der Waals surface area contributed by atoms with Crippen LogP contribution in [0.3, 0.4) is 0 Å². The van der Waals surface area contributed by atoms with Crippen molar-refractivity contribution in [3.63, 3.8) is 0 Å². The largest absolute Gasteiger partial charge is 0.394 e. The highest BCUT2D eigenvalue weighted by Crippen LogP contribution is 2.26. The van der Waals surface area contributed by atoms with Gasteiger partial charge < -0.3 is 30.2 Å². The van der Waals surface area contributed by atoms with Crippen molar-refractivity contribution in [3.8, 4) is 11.4 Å². The molecule has 4 N–H and O–H groups in total. The van der Waals surface area contributed by atoms with Gasteiger partial charge in [-0.3, -0.25) is 4.98 Å². The molecule has 0 bridgehead atoms. The summed E-state index contributed by atoms with van der Waals surface area (Å²) in [5.74, 6) is 0.986. The minimum Gasteiger partial charge on any atom is -0.394 e. The van der Waals surface area contributed by atoms with E-state index in [4.69, 9.17) is 15.5 Å². The molecule has 10 nitrogen and oxygen atoms in total. The number of morpholine rings is 1. The van der Waals surface area contributed by atoms with Crippen molar-refractivity contribution in [2.75, 3.05) is 42.3 Å². The van der Waals surface area contributed by atoms with Crippen LogP contribution < -0.4 is 16.0 Å². The maximum atomic E-state index is 9.37. The summed E-state index contributed by atoms with van der Waals surface area (Å²) >= 11 is 0. The molecule has 1 aliphatic heterocycles. The first kappa shape index (κ1) is 20.2. The Balaban J connectivity index is 1.42. The van der Waals surface area contributed by atoms with Crippen LogP contribution in [-0.4, -0.2) is 61.9 Å². The molecule has 32 heavy (non-hydrogen) atoms. The first-order chi connectivity index (χ1) is 15.6. The molecule has 4 heterocycles. The molecule has 1 atom stereocenters. The van der Waals surface area contributed by atoms with Gasteiger partial charge in [0.15, 0.2) is 11.5 Å². The van der Waals surface area contributed by atoms with Crippen molar-refractivity contribution in [2.24, 2.45) is 0 Å². The second-order valence-corrected chi connectivity index (χ2v) is 7.65. The van der Waals surface area contributed by atoms with E-state index < -0.39 is 0 Å².